The third-order valence-corrected chi connectivity index (χ3v) is 2.54. The fraction of sp³-hybridized carbons (Fsp3) is 0.455. The Morgan fingerprint density at radius 3 is 2.53 bits per heavy atom. The van der Waals surface area contributed by atoms with Crippen LogP contribution in [0, 0.1) is 0 Å². The van der Waals surface area contributed by atoms with E-state index < -0.39 is 11.7 Å². The van der Waals surface area contributed by atoms with Crippen molar-refractivity contribution in [2.75, 3.05) is 5.32 Å². The minimum Gasteiger partial charge on any atom is -0.380 e. The average Bonchev–Trinajstić information content (AvgIpc) is 2.34. The number of rotatable bonds is 0. The maximum atomic E-state index is 12.4. The molecule has 15 heavy (non-hydrogen) atoms. The highest BCUT2D eigenvalue weighted by atomic mass is 19.4. The molecular formula is C11H12F3N. The first-order chi connectivity index (χ1) is 6.78. The summed E-state index contributed by atoms with van der Waals surface area (Å²) in [6.07, 6.45) is -3.50. The Labute approximate surface area is 86.3 Å². The van der Waals surface area contributed by atoms with Gasteiger partial charge in [-0.05, 0) is 38.0 Å². The van der Waals surface area contributed by atoms with Gasteiger partial charge in [-0.3, -0.25) is 0 Å². The van der Waals surface area contributed by atoms with Gasteiger partial charge in [0.2, 0.25) is 0 Å². The highest BCUT2D eigenvalue weighted by Gasteiger charge is 2.34. The molecule has 0 amide bonds. The Morgan fingerprint density at radius 2 is 1.93 bits per heavy atom. The van der Waals surface area contributed by atoms with Gasteiger partial charge in [-0.2, -0.15) is 13.2 Å². The first kappa shape index (κ1) is 10.3. The molecule has 1 aliphatic rings. The number of hydrogen-bond acceptors (Lipinski definition) is 1. The Kier molecular flexibility index (Phi) is 2.00. The lowest BCUT2D eigenvalue weighted by atomic mass is 10.00. The smallest absolute Gasteiger partial charge is 0.380 e. The summed E-state index contributed by atoms with van der Waals surface area (Å²) in [7, 11) is 0. The molecule has 0 saturated carbocycles. The number of anilines is 1. The Morgan fingerprint density at radius 1 is 1.27 bits per heavy atom. The third-order valence-electron chi connectivity index (χ3n) is 2.54. The van der Waals surface area contributed by atoms with Crippen LogP contribution in [0.2, 0.25) is 0 Å². The molecule has 1 aliphatic heterocycles. The standard InChI is InChI=1S/C11H12F3N/c1-10(2)6-7-3-4-8(11(12,13)14)5-9(7)15-10/h3-5,15H,6H2,1-2H3. The van der Waals surface area contributed by atoms with Gasteiger partial charge in [-0.15, -0.1) is 0 Å². The zero-order valence-electron chi connectivity index (χ0n) is 8.57. The predicted molar refractivity (Wildman–Crippen MR) is 52.8 cm³/mol. The maximum Gasteiger partial charge on any atom is 0.416 e. The van der Waals surface area contributed by atoms with E-state index in [0.29, 0.717) is 5.69 Å². The summed E-state index contributed by atoms with van der Waals surface area (Å²) in [6.45, 7) is 3.94. The quantitative estimate of drug-likeness (QED) is 0.698. The molecule has 1 aromatic rings. The van der Waals surface area contributed by atoms with E-state index in [1.54, 1.807) is 6.07 Å². The molecule has 1 nitrogen and oxygen atoms in total. The van der Waals surface area contributed by atoms with Gasteiger partial charge in [0.15, 0.2) is 0 Å². The lowest BCUT2D eigenvalue weighted by molar-refractivity contribution is -0.137. The minimum atomic E-state index is -4.26. The molecule has 82 valence electrons. The SMILES string of the molecule is CC1(C)Cc2ccc(C(F)(F)F)cc2N1. The number of alkyl halides is 3. The van der Waals surface area contributed by atoms with E-state index in [4.69, 9.17) is 0 Å². The van der Waals surface area contributed by atoms with E-state index in [1.165, 1.54) is 6.07 Å². The highest BCUT2D eigenvalue weighted by molar-refractivity contribution is 5.60. The summed E-state index contributed by atoms with van der Waals surface area (Å²) in [5.74, 6) is 0. The molecule has 0 atom stereocenters. The fourth-order valence-electron chi connectivity index (χ4n) is 1.91. The second-order valence-corrected chi connectivity index (χ2v) is 4.56. The molecule has 0 bridgehead atoms. The van der Waals surface area contributed by atoms with Crippen molar-refractivity contribution < 1.29 is 13.2 Å². The Balaban J connectivity index is 2.39. The number of fused-ring (bicyclic) bond motifs is 1. The van der Waals surface area contributed by atoms with E-state index in [2.05, 4.69) is 5.32 Å². The van der Waals surface area contributed by atoms with Gasteiger partial charge in [-0.25, -0.2) is 0 Å². The van der Waals surface area contributed by atoms with Crippen LogP contribution in [0.4, 0.5) is 18.9 Å². The van der Waals surface area contributed by atoms with E-state index in [0.717, 1.165) is 18.1 Å². The van der Waals surface area contributed by atoms with Gasteiger partial charge in [0, 0.05) is 11.2 Å². The summed E-state index contributed by atoms with van der Waals surface area (Å²) < 4.78 is 37.3. The molecule has 0 aromatic heterocycles. The zero-order chi connectivity index (χ0) is 11.3. The average molecular weight is 215 g/mol. The lowest BCUT2D eigenvalue weighted by Gasteiger charge is -2.18. The fourth-order valence-corrected chi connectivity index (χ4v) is 1.91. The first-order valence-corrected chi connectivity index (χ1v) is 4.76. The predicted octanol–water partition coefficient (Wildman–Crippen LogP) is 3.45. The normalized spacial score (nSPS) is 18.5. The van der Waals surface area contributed by atoms with Crippen LogP contribution in [0.1, 0.15) is 25.0 Å². The highest BCUT2D eigenvalue weighted by Crippen LogP contribution is 2.37. The van der Waals surface area contributed by atoms with E-state index in [1.807, 2.05) is 13.8 Å². The van der Waals surface area contributed by atoms with Crippen molar-refractivity contribution in [2.24, 2.45) is 0 Å². The molecule has 1 heterocycles. The molecule has 4 heteroatoms. The zero-order valence-corrected chi connectivity index (χ0v) is 8.57. The number of benzene rings is 1. The summed E-state index contributed by atoms with van der Waals surface area (Å²) >= 11 is 0. The van der Waals surface area contributed by atoms with Crippen molar-refractivity contribution in [3.05, 3.63) is 29.3 Å². The van der Waals surface area contributed by atoms with E-state index in [-0.39, 0.29) is 5.54 Å². The van der Waals surface area contributed by atoms with E-state index >= 15 is 0 Å². The van der Waals surface area contributed by atoms with E-state index in [9.17, 15) is 13.2 Å². The summed E-state index contributed by atoms with van der Waals surface area (Å²) in [6, 6.07) is 3.88. The topological polar surface area (TPSA) is 12.0 Å². The molecule has 0 fully saturated rings. The van der Waals surface area contributed by atoms with Crippen molar-refractivity contribution in [3.63, 3.8) is 0 Å². The van der Waals surface area contributed by atoms with Crippen molar-refractivity contribution in [1.29, 1.82) is 0 Å². The maximum absolute atomic E-state index is 12.4. The molecular weight excluding hydrogens is 203 g/mol. The summed E-state index contributed by atoms with van der Waals surface area (Å²) in [5, 5.41) is 3.09. The van der Waals surface area contributed by atoms with Gasteiger partial charge in [0.05, 0.1) is 5.56 Å². The molecule has 0 spiro atoms. The molecule has 0 unspecified atom stereocenters. The largest absolute Gasteiger partial charge is 0.416 e. The van der Waals surface area contributed by atoms with Crippen LogP contribution in [0.15, 0.2) is 18.2 Å². The van der Waals surface area contributed by atoms with Crippen LogP contribution in [-0.4, -0.2) is 5.54 Å². The third kappa shape index (κ3) is 1.94. The van der Waals surface area contributed by atoms with Gasteiger partial charge in [-0.1, -0.05) is 6.07 Å². The molecule has 0 saturated heterocycles. The van der Waals surface area contributed by atoms with Crippen LogP contribution < -0.4 is 5.32 Å². The monoisotopic (exact) mass is 215 g/mol. The second kappa shape index (κ2) is 2.90. The molecule has 0 aliphatic carbocycles. The van der Waals surface area contributed by atoms with Crippen LogP contribution in [0.3, 0.4) is 0 Å². The number of hydrogen-bond donors (Lipinski definition) is 1. The van der Waals surface area contributed by atoms with Gasteiger partial charge in [0.25, 0.3) is 0 Å². The van der Waals surface area contributed by atoms with Crippen molar-refractivity contribution in [3.8, 4) is 0 Å². The van der Waals surface area contributed by atoms with Crippen molar-refractivity contribution in [2.45, 2.75) is 32.0 Å². The Hall–Kier alpha value is -1.19. The van der Waals surface area contributed by atoms with Crippen LogP contribution >= 0.6 is 0 Å². The number of nitrogens with one attached hydrogen (secondary N) is 1. The van der Waals surface area contributed by atoms with Crippen molar-refractivity contribution in [1.82, 2.24) is 0 Å². The van der Waals surface area contributed by atoms with Crippen LogP contribution in [0.25, 0.3) is 0 Å². The minimum absolute atomic E-state index is 0.146. The first-order valence-electron chi connectivity index (χ1n) is 4.76. The van der Waals surface area contributed by atoms with Crippen molar-refractivity contribution >= 4 is 5.69 Å². The molecule has 2 rings (SSSR count). The molecule has 0 radical (unpaired) electrons. The second-order valence-electron chi connectivity index (χ2n) is 4.56. The van der Waals surface area contributed by atoms with Gasteiger partial charge in [0.1, 0.15) is 0 Å². The van der Waals surface area contributed by atoms with Crippen LogP contribution in [0.5, 0.6) is 0 Å². The van der Waals surface area contributed by atoms with Gasteiger partial charge >= 0.3 is 6.18 Å². The lowest BCUT2D eigenvalue weighted by Crippen LogP contribution is -2.27. The summed E-state index contributed by atoms with van der Waals surface area (Å²) in [4.78, 5) is 0. The summed E-state index contributed by atoms with van der Waals surface area (Å²) in [5.41, 5.74) is 0.821. The van der Waals surface area contributed by atoms with Crippen LogP contribution in [-0.2, 0) is 12.6 Å². The molecule has 1 N–H and O–H groups in total. The number of halogens is 3. The van der Waals surface area contributed by atoms with Gasteiger partial charge < -0.3 is 5.32 Å². The molecule has 1 aromatic carbocycles. The Bertz CT molecular complexity index is 393.